The molecule has 2 aromatic rings. The van der Waals surface area contributed by atoms with Gasteiger partial charge in [-0.15, -0.1) is 0 Å². The molecule has 0 unspecified atom stereocenters. The van der Waals surface area contributed by atoms with Crippen molar-refractivity contribution in [3.05, 3.63) is 69.7 Å². The first-order valence-electron chi connectivity index (χ1n) is 6.78. The number of carbonyl (C=O) groups is 2. The zero-order chi connectivity index (χ0) is 16.8. The normalized spacial score (nSPS) is 11.3. The molecule has 1 atom stereocenters. The Balaban J connectivity index is 2.13. The van der Waals surface area contributed by atoms with Crippen molar-refractivity contribution in [3.63, 3.8) is 0 Å². The van der Waals surface area contributed by atoms with Crippen LogP contribution < -0.4 is 5.32 Å². The van der Waals surface area contributed by atoms with Crippen molar-refractivity contribution in [2.75, 3.05) is 0 Å². The Bertz CT molecular complexity index is 766. The first kappa shape index (κ1) is 16.7. The monoisotopic (exact) mass is 372 g/mol. The fourth-order valence-electron chi connectivity index (χ4n) is 2.02. The van der Waals surface area contributed by atoms with Crippen molar-refractivity contribution < 1.29 is 14.7 Å². The zero-order valence-corrected chi connectivity index (χ0v) is 13.6. The van der Waals surface area contributed by atoms with E-state index in [1.807, 2.05) is 18.2 Å². The van der Waals surface area contributed by atoms with Crippen LogP contribution in [-0.2, 0) is 11.2 Å². The van der Waals surface area contributed by atoms with Crippen molar-refractivity contribution in [3.8, 4) is 6.07 Å². The van der Waals surface area contributed by atoms with Gasteiger partial charge in [-0.1, -0.05) is 34.1 Å². The average molecular weight is 373 g/mol. The number of nitriles is 1. The van der Waals surface area contributed by atoms with Crippen LogP contribution in [0.25, 0.3) is 0 Å². The quantitative estimate of drug-likeness (QED) is 0.843. The standard InChI is InChI=1S/C17H13BrN2O3/c18-14-4-2-1-3-13(14)9-15(17(22)23)20-16(21)12-7-5-11(10-19)6-8-12/h1-8,15H,9H2,(H,20,21)(H,22,23)/t15-/m0/s1. The third kappa shape index (κ3) is 4.41. The second kappa shape index (κ2) is 7.56. The molecule has 0 fully saturated rings. The van der Waals surface area contributed by atoms with E-state index in [2.05, 4.69) is 21.2 Å². The van der Waals surface area contributed by atoms with Crippen LogP contribution in [0.2, 0.25) is 0 Å². The highest BCUT2D eigenvalue weighted by atomic mass is 79.9. The molecule has 0 radical (unpaired) electrons. The van der Waals surface area contributed by atoms with E-state index in [1.54, 1.807) is 12.1 Å². The number of benzene rings is 2. The van der Waals surface area contributed by atoms with Crippen molar-refractivity contribution in [2.45, 2.75) is 12.5 Å². The lowest BCUT2D eigenvalue weighted by Crippen LogP contribution is -2.42. The topological polar surface area (TPSA) is 90.2 Å². The number of carbonyl (C=O) groups excluding carboxylic acids is 1. The number of carboxylic acids is 1. The first-order valence-corrected chi connectivity index (χ1v) is 7.58. The molecule has 2 aromatic carbocycles. The number of nitrogens with one attached hydrogen (secondary N) is 1. The molecule has 2 N–H and O–H groups in total. The molecule has 5 nitrogen and oxygen atoms in total. The number of rotatable bonds is 5. The summed E-state index contributed by atoms with van der Waals surface area (Å²) in [5, 5.41) is 20.6. The lowest BCUT2D eigenvalue weighted by Gasteiger charge is -2.15. The summed E-state index contributed by atoms with van der Waals surface area (Å²) in [5.74, 6) is -1.60. The van der Waals surface area contributed by atoms with Gasteiger partial charge in [0.1, 0.15) is 6.04 Å². The molecule has 0 bridgehead atoms. The van der Waals surface area contributed by atoms with E-state index in [9.17, 15) is 14.7 Å². The van der Waals surface area contributed by atoms with Crippen LogP contribution in [0, 0.1) is 11.3 Å². The van der Waals surface area contributed by atoms with Gasteiger partial charge in [-0.2, -0.15) is 5.26 Å². The molecule has 6 heteroatoms. The van der Waals surface area contributed by atoms with E-state index in [1.165, 1.54) is 24.3 Å². The zero-order valence-electron chi connectivity index (χ0n) is 12.0. The highest BCUT2D eigenvalue weighted by Crippen LogP contribution is 2.17. The summed E-state index contributed by atoms with van der Waals surface area (Å²) in [6.07, 6.45) is 0.165. The lowest BCUT2D eigenvalue weighted by atomic mass is 10.1. The van der Waals surface area contributed by atoms with Gasteiger partial charge in [-0.3, -0.25) is 4.79 Å². The van der Waals surface area contributed by atoms with E-state index in [4.69, 9.17) is 5.26 Å². The number of amides is 1. The van der Waals surface area contributed by atoms with E-state index in [0.29, 0.717) is 11.1 Å². The fourth-order valence-corrected chi connectivity index (χ4v) is 2.47. The van der Waals surface area contributed by atoms with Gasteiger partial charge in [-0.05, 0) is 35.9 Å². The summed E-state index contributed by atoms with van der Waals surface area (Å²) >= 11 is 3.36. The second-order valence-corrected chi connectivity index (χ2v) is 5.70. The maximum Gasteiger partial charge on any atom is 0.326 e. The predicted octanol–water partition coefficient (Wildman–Crippen LogP) is 2.75. The van der Waals surface area contributed by atoms with Gasteiger partial charge in [-0.25, -0.2) is 4.79 Å². The molecular weight excluding hydrogens is 360 g/mol. The van der Waals surface area contributed by atoms with Crippen LogP contribution in [0.5, 0.6) is 0 Å². The molecular formula is C17H13BrN2O3. The minimum absolute atomic E-state index is 0.165. The summed E-state index contributed by atoms with van der Waals surface area (Å²) in [7, 11) is 0. The maximum absolute atomic E-state index is 12.2. The summed E-state index contributed by atoms with van der Waals surface area (Å²) in [4.78, 5) is 23.6. The molecule has 0 aromatic heterocycles. The third-order valence-corrected chi connectivity index (χ3v) is 4.04. The Morgan fingerprint density at radius 3 is 2.39 bits per heavy atom. The van der Waals surface area contributed by atoms with Crippen molar-refractivity contribution in [1.82, 2.24) is 5.32 Å². The van der Waals surface area contributed by atoms with Crippen molar-refractivity contribution in [2.24, 2.45) is 0 Å². The average Bonchev–Trinajstić information content (AvgIpc) is 2.56. The Morgan fingerprint density at radius 2 is 1.83 bits per heavy atom. The fraction of sp³-hybridized carbons (Fsp3) is 0.118. The molecule has 0 heterocycles. The molecule has 0 saturated heterocycles. The first-order chi connectivity index (χ1) is 11.0. The summed E-state index contributed by atoms with van der Waals surface area (Å²) in [6, 6.07) is 14.2. The molecule has 2 rings (SSSR count). The largest absolute Gasteiger partial charge is 0.480 e. The third-order valence-electron chi connectivity index (χ3n) is 3.26. The van der Waals surface area contributed by atoms with Crippen LogP contribution in [0.1, 0.15) is 21.5 Å². The molecule has 1 amide bonds. The van der Waals surface area contributed by atoms with E-state index in [-0.39, 0.29) is 6.42 Å². The summed E-state index contributed by atoms with van der Waals surface area (Å²) < 4.78 is 0.791. The van der Waals surface area contributed by atoms with Crippen molar-refractivity contribution in [1.29, 1.82) is 5.26 Å². The second-order valence-electron chi connectivity index (χ2n) is 4.85. The molecule has 23 heavy (non-hydrogen) atoms. The minimum atomic E-state index is -1.11. The van der Waals surface area contributed by atoms with E-state index < -0.39 is 17.9 Å². The minimum Gasteiger partial charge on any atom is -0.480 e. The Morgan fingerprint density at radius 1 is 1.17 bits per heavy atom. The predicted molar refractivity (Wildman–Crippen MR) is 87.9 cm³/mol. The van der Waals surface area contributed by atoms with Crippen LogP contribution in [0.15, 0.2) is 53.0 Å². The smallest absolute Gasteiger partial charge is 0.326 e. The van der Waals surface area contributed by atoms with Crippen LogP contribution in [0.3, 0.4) is 0 Å². The number of aliphatic carboxylic acids is 1. The molecule has 0 aliphatic rings. The van der Waals surface area contributed by atoms with Crippen LogP contribution >= 0.6 is 15.9 Å². The van der Waals surface area contributed by atoms with E-state index in [0.717, 1.165) is 10.0 Å². The molecule has 0 aliphatic carbocycles. The number of nitrogens with zero attached hydrogens (tertiary/aromatic N) is 1. The number of hydrogen-bond acceptors (Lipinski definition) is 3. The Kier molecular flexibility index (Phi) is 5.50. The number of hydrogen-bond donors (Lipinski definition) is 2. The molecule has 0 aliphatic heterocycles. The summed E-state index contributed by atoms with van der Waals surface area (Å²) in [5.41, 5.74) is 1.53. The Labute approximate surface area is 141 Å². The van der Waals surface area contributed by atoms with Crippen LogP contribution in [0.4, 0.5) is 0 Å². The highest BCUT2D eigenvalue weighted by molar-refractivity contribution is 9.10. The van der Waals surface area contributed by atoms with Gasteiger partial charge in [0.05, 0.1) is 11.6 Å². The maximum atomic E-state index is 12.2. The summed E-state index contributed by atoms with van der Waals surface area (Å²) in [6.45, 7) is 0. The van der Waals surface area contributed by atoms with E-state index >= 15 is 0 Å². The van der Waals surface area contributed by atoms with Gasteiger partial charge >= 0.3 is 5.97 Å². The SMILES string of the molecule is N#Cc1ccc(C(=O)N[C@@H](Cc2ccccc2Br)C(=O)O)cc1. The number of halogens is 1. The molecule has 0 saturated carbocycles. The van der Waals surface area contributed by atoms with Gasteiger partial charge in [0.25, 0.3) is 5.91 Å². The highest BCUT2D eigenvalue weighted by Gasteiger charge is 2.22. The molecule has 0 spiro atoms. The van der Waals surface area contributed by atoms with Gasteiger partial charge in [0.2, 0.25) is 0 Å². The van der Waals surface area contributed by atoms with Gasteiger partial charge < -0.3 is 10.4 Å². The van der Waals surface area contributed by atoms with Gasteiger partial charge in [0, 0.05) is 16.5 Å². The molecule has 116 valence electrons. The van der Waals surface area contributed by atoms with Gasteiger partial charge in [0.15, 0.2) is 0 Å². The number of carboxylic acid groups (broad SMARTS) is 1. The van der Waals surface area contributed by atoms with Crippen LogP contribution in [-0.4, -0.2) is 23.0 Å². The van der Waals surface area contributed by atoms with Crippen molar-refractivity contribution >= 4 is 27.8 Å². The Hall–Kier alpha value is -2.65. The lowest BCUT2D eigenvalue weighted by molar-refractivity contribution is -0.139.